The molecule has 0 bridgehead atoms. The van der Waals surface area contributed by atoms with Gasteiger partial charge in [-0.25, -0.2) is 4.39 Å². The van der Waals surface area contributed by atoms with Gasteiger partial charge in [-0.1, -0.05) is 0 Å². The molecule has 1 aromatic rings. The average Bonchev–Trinajstić information content (AvgIpc) is 3.01. The van der Waals surface area contributed by atoms with Crippen LogP contribution in [0.25, 0.3) is 5.57 Å². The first-order valence-electron chi connectivity index (χ1n) is 7.86. The van der Waals surface area contributed by atoms with E-state index in [4.69, 9.17) is 15.7 Å². The van der Waals surface area contributed by atoms with Gasteiger partial charge >= 0.3 is 7.12 Å². The predicted octanol–water partition coefficient (Wildman–Crippen LogP) is 3.63. The van der Waals surface area contributed by atoms with Crippen molar-refractivity contribution in [3.8, 4) is 12.3 Å². The summed E-state index contributed by atoms with van der Waals surface area (Å²) < 4.78 is 28.0. The number of rotatable bonds is 5. The Morgan fingerprint density at radius 2 is 1.96 bits per heavy atom. The van der Waals surface area contributed by atoms with Gasteiger partial charge in [0.15, 0.2) is 0 Å². The Morgan fingerprint density at radius 3 is 2.52 bits per heavy atom. The minimum Gasteiger partial charge on any atom is -0.398 e. The summed E-state index contributed by atoms with van der Waals surface area (Å²) in [6.07, 6.45) is 10.2. The van der Waals surface area contributed by atoms with Crippen molar-refractivity contribution in [1.82, 2.24) is 9.78 Å². The van der Waals surface area contributed by atoms with Gasteiger partial charge in [0.1, 0.15) is 5.73 Å². The second kappa shape index (κ2) is 6.50. The van der Waals surface area contributed by atoms with Crippen LogP contribution in [0.15, 0.2) is 18.1 Å². The lowest BCUT2D eigenvalue weighted by Gasteiger charge is -2.32. The Kier molecular flexibility index (Phi) is 5.03. The van der Waals surface area contributed by atoms with Gasteiger partial charge in [-0.05, 0) is 46.6 Å². The maximum atomic E-state index is 14.8. The lowest BCUT2D eigenvalue weighted by atomic mass is 9.84. The first-order chi connectivity index (χ1) is 10.7. The minimum absolute atomic E-state index is 0.410. The third-order valence-corrected chi connectivity index (χ3v) is 4.59. The molecule has 0 atom stereocenters. The maximum Gasteiger partial charge on any atom is 0.525 e. The number of aryl methyl sites for hydroxylation is 1. The number of unbranched alkanes of at least 4 members (excludes halogenated alkanes) is 1. The van der Waals surface area contributed by atoms with Gasteiger partial charge in [0.2, 0.25) is 0 Å². The van der Waals surface area contributed by atoms with E-state index in [1.54, 1.807) is 17.8 Å². The highest BCUT2D eigenvalue weighted by Gasteiger charge is 2.53. The molecule has 0 amide bonds. The molecular weight excluding hydrogens is 294 g/mol. The number of hydrogen-bond acceptors (Lipinski definition) is 3. The fourth-order valence-corrected chi connectivity index (χ4v) is 2.28. The molecule has 1 aliphatic rings. The van der Waals surface area contributed by atoms with Crippen molar-refractivity contribution >= 4 is 12.7 Å². The zero-order chi connectivity index (χ0) is 17.3. The standard InChI is InChI=1S/C17H24BFN2O2/c1-7-8-9-10-21-12-14(11-20-21)13(2)15(19)18-22-16(3,4)17(5,6)23-18/h1,11-12H,8-10H2,2-6H3. The van der Waals surface area contributed by atoms with Gasteiger partial charge in [0, 0.05) is 24.7 Å². The summed E-state index contributed by atoms with van der Waals surface area (Å²) in [6.45, 7) is 10.0. The van der Waals surface area contributed by atoms with Gasteiger partial charge in [-0.15, -0.1) is 12.3 Å². The lowest BCUT2D eigenvalue weighted by Crippen LogP contribution is -2.41. The van der Waals surface area contributed by atoms with Crippen LogP contribution < -0.4 is 0 Å². The SMILES string of the molecule is C#CCCCn1cc(C(C)=C(F)B2OC(C)(C)C(C)(C)O2)cn1. The zero-order valence-electron chi connectivity index (χ0n) is 14.5. The molecule has 0 unspecified atom stereocenters. The van der Waals surface area contributed by atoms with Gasteiger partial charge < -0.3 is 9.31 Å². The Labute approximate surface area is 138 Å². The molecule has 1 aliphatic heterocycles. The fraction of sp³-hybridized carbons (Fsp3) is 0.588. The number of terminal acetylenes is 1. The molecule has 0 spiro atoms. The minimum atomic E-state index is -0.982. The van der Waals surface area contributed by atoms with Crippen LogP contribution in [0, 0.1) is 12.3 Å². The van der Waals surface area contributed by atoms with Crippen LogP contribution in [0.5, 0.6) is 0 Å². The topological polar surface area (TPSA) is 36.3 Å². The Bertz CT molecular complexity index is 627. The molecule has 0 N–H and O–H groups in total. The highest BCUT2D eigenvalue weighted by Crippen LogP contribution is 2.40. The van der Waals surface area contributed by atoms with E-state index < -0.39 is 24.0 Å². The molecule has 23 heavy (non-hydrogen) atoms. The number of allylic oxidation sites excluding steroid dienone is 1. The normalized spacial score (nSPS) is 20.3. The van der Waals surface area contributed by atoms with E-state index in [1.165, 1.54) is 0 Å². The second-order valence-electron chi connectivity index (χ2n) is 6.86. The van der Waals surface area contributed by atoms with E-state index in [0.29, 0.717) is 12.0 Å². The summed E-state index contributed by atoms with van der Waals surface area (Å²) in [6, 6.07) is 0. The molecule has 0 radical (unpaired) electrons. The lowest BCUT2D eigenvalue weighted by molar-refractivity contribution is 0.00578. The van der Waals surface area contributed by atoms with E-state index in [9.17, 15) is 4.39 Å². The molecule has 1 fully saturated rings. The number of halogens is 1. The van der Waals surface area contributed by atoms with Crippen molar-refractivity contribution in [2.45, 2.75) is 65.2 Å². The molecule has 124 valence electrons. The summed E-state index contributed by atoms with van der Waals surface area (Å²) in [5, 5.41) is 4.24. The maximum absolute atomic E-state index is 14.8. The van der Waals surface area contributed by atoms with Gasteiger partial charge in [-0.3, -0.25) is 4.68 Å². The van der Waals surface area contributed by atoms with Gasteiger partial charge in [0.25, 0.3) is 0 Å². The first kappa shape index (κ1) is 17.8. The smallest absolute Gasteiger partial charge is 0.398 e. The molecule has 2 rings (SSSR count). The van der Waals surface area contributed by atoms with Crippen molar-refractivity contribution < 1.29 is 13.7 Å². The fourth-order valence-electron chi connectivity index (χ4n) is 2.28. The monoisotopic (exact) mass is 318 g/mol. The first-order valence-corrected chi connectivity index (χ1v) is 7.86. The number of nitrogens with zero attached hydrogens (tertiary/aromatic N) is 2. The summed E-state index contributed by atoms with van der Waals surface area (Å²) in [7, 11) is -0.982. The predicted molar refractivity (Wildman–Crippen MR) is 90.1 cm³/mol. The van der Waals surface area contributed by atoms with Crippen molar-refractivity contribution in [2.24, 2.45) is 0 Å². The number of aromatic nitrogens is 2. The van der Waals surface area contributed by atoms with Crippen LogP contribution in [0.3, 0.4) is 0 Å². The van der Waals surface area contributed by atoms with Crippen molar-refractivity contribution in [3.05, 3.63) is 23.7 Å². The molecular formula is C17H24BFN2O2. The van der Waals surface area contributed by atoms with Crippen molar-refractivity contribution in [2.75, 3.05) is 0 Å². The van der Waals surface area contributed by atoms with Gasteiger partial charge in [0.05, 0.1) is 17.4 Å². The molecule has 0 saturated carbocycles. The quantitative estimate of drug-likeness (QED) is 0.472. The summed E-state index contributed by atoms with van der Waals surface area (Å²) in [4.78, 5) is 0. The summed E-state index contributed by atoms with van der Waals surface area (Å²) in [5.74, 6) is 2.59. The average molecular weight is 318 g/mol. The van der Waals surface area contributed by atoms with E-state index in [0.717, 1.165) is 18.5 Å². The van der Waals surface area contributed by atoms with E-state index in [-0.39, 0.29) is 0 Å². The van der Waals surface area contributed by atoms with E-state index in [1.807, 2.05) is 33.9 Å². The van der Waals surface area contributed by atoms with Crippen molar-refractivity contribution in [1.29, 1.82) is 0 Å². The van der Waals surface area contributed by atoms with Crippen molar-refractivity contribution in [3.63, 3.8) is 0 Å². The van der Waals surface area contributed by atoms with E-state index in [2.05, 4.69) is 11.0 Å². The summed E-state index contributed by atoms with van der Waals surface area (Å²) in [5.41, 5.74) is -0.333. The Balaban J connectivity index is 2.14. The Hall–Kier alpha value is -1.58. The molecule has 1 saturated heterocycles. The van der Waals surface area contributed by atoms with Crippen LogP contribution in [0.4, 0.5) is 4.39 Å². The largest absolute Gasteiger partial charge is 0.525 e. The molecule has 0 aliphatic carbocycles. The number of hydrogen-bond donors (Lipinski definition) is 0. The summed E-state index contributed by atoms with van der Waals surface area (Å²) >= 11 is 0. The third-order valence-electron chi connectivity index (χ3n) is 4.59. The van der Waals surface area contributed by atoms with Crippen LogP contribution in [-0.2, 0) is 15.9 Å². The molecule has 1 aromatic heterocycles. The van der Waals surface area contributed by atoms with Crippen LogP contribution >= 0.6 is 0 Å². The van der Waals surface area contributed by atoms with Crippen LogP contribution in [0.1, 0.15) is 53.0 Å². The highest BCUT2D eigenvalue weighted by molar-refractivity contribution is 6.55. The highest BCUT2D eigenvalue weighted by atomic mass is 19.1. The van der Waals surface area contributed by atoms with Gasteiger partial charge in [-0.2, -0.15) is 5.10 Å². The molecule has 4 nitrogen and oxygen atoms in total. The zero-order valence-corrected chi connectivity index (χ0v) is 14.5. The second-order valence-corrected chi connectivity index (χ2v) is 6.86. The van der Waals surface area contributed by atoms with Crippen LogP contribution in [-0.4, -0.2) is 28.1 Å². The third kappa shape index (κ3) is 3.68. The molecule has 6 heteroatoms. The van der Waals surface area contributed by atoms with E-state index >= 15 is 0 Å². The van der Waals surface area contributed by atoms with Crippen LogP contribution in [0.2, 0.25) is 0 Å². The molecule has 0 aromatic carbocycles. The molecule has 2 heterocycles. The Morgan fingerprint density at radius 1 is 1.35 bits per heavy atom.